The Kier molecular flexibility index (Phi) is 1.08. The van der Waals surface area contributed by atoms with Crippen molar-refractivity contribution < 1.29 is 0 Å². The maximum atomic E-state index is 2.35. The van der Waals surface area contributed by atoms with Gasteiger partial charge < -0.3 is 4.57 Å². The van der Waals surface area contributed by atoms with E-state index in [-0.39, 0.29) is 0 Å². The molecule has 1 heteroatoms. The van der Waals surface area contributed by atoms with Crippen molar-refractivity contribution in [1.82, 2.24) is 4.57 Å². The van der Waals surface area contributed by atoms with Crippen LogP contribution < -0.4 is 0 Å². The van der Waals surface area contributed by atoms with E-state index in [1.54, 1.807) is 0 Å². The first-order valence-electron chi connectivity index (χ1n) is 3.61. The van der Waals surface area contributed by atoms with E-state index in [1.165, 1.54) is 31.5 Å². The van der Waals surface area contributed by atoms with E-state index in [0.29, 0.717) is 0 Å². The van der Waals surface area contributed by atoms with Crippen LogP contribution in [0.3, 0.4) is 0 Å². The van der Waals surface area contributed by atoms with Gasteiger partial charge in [0.1, 0.15) is 0 Å². The zero-order chi connectivity index (χ0) is 6.10. The van der Waals surface area contributed by atoms with Crippen LogP contribution in [0.5, 0.6) is 0 Å². The van der Waals surface area contributed by atoms with Crippen molar-refractivity contribution in [2.45, 2.75) is 25.8 Å². The number of hydrogen-bond acceptors (Lipinski definition) is 0. The normalized spacial score (nSPS) is 17.3. The molecule has 2 heterocycles. The highest BCUT2D eigenvalue weighted by Crippen LogP contribution is 2.13. The molecule has 9 heavy (non-hydrogen) atoms. The first-order chi connectivity index (χ1) is 4.47. The van der Waals surface area contributed by atoms with Gasteiger partial charge in [0.2, 0.25) is 0 Å². The maximum Gasteiger partial charge on any atom is 0.0222 e. The third-order valence-corrected chi connectivity index (χ3v) is 2.01. The predicted octanol–water partition coefficient (Wildman–Crippen LogP) is 1.82. The molecule has 0 unspecified atom stereocenters. The molecule has 0 saturated carbocycles. The van der Waals surface area contributed by atoms with Gasteiger partial charge in [0.05, 0.1) is 0 Å². The van der Waals surface area contributed by atoms with Crippen molar-refractivity contribution in [1.29, 1.82) is 0 Å². The molecule has 0 radical (unpaired) electrons. The summed E-state index contributed by atoms with van der Waals surface area (Å²) in [5.41, 5.74) is 1.52. The van der Waals surface area contributed by atoms with Crippen molar-refractivity contribution in [3.05, 3.63) is 24.0 Å². The number of hydrogen-bond donors (Lipinski definition) is 0. The summed E-state index contributed by atoms with van der Waals surface area (Å²) < 4.78 is 2.35. The van der Waals surface area contributed by atoms with Crippen molar-refractivity contribution in [3.63, 3.8) is 0 Å². The summed E-state index contributed by atoms with van der Waals surface area (Å²) >= 11 is 0. The number of rotatable bonds is 0. The lowest BCUT2D eigenvalue weighted by Gasteiger charge is -2.13. The SMILES string of the molecule is c1cc2n(c1)CCCC2. The van der Waals surface area contributed by atoms with Gasteiger partial charge >= 0.3 is 0 Å². The van der Waals surface area contributed by atoms with Gasteiger partial charge in [-0.1, -0.05) is 0 Å². The van der Waals surface area contributed by atoms with Crippen LogP contribution in [0, 0.1) is 0 Å². The van der Waals surface area contributed by atoms with Crippen LogP contribution in [-0.2, 0) is 13.0 Å². The summed E-state index contributed by atoms with van der Waals surface area (Å²) in [7, 11) is 0. The molecule has 1 nitrogen and oxygen atoms in total. The molecular formula is C8H11N. The molecule has 0 aromatic carbocycles. The Bertz CT molecular complexity index is 180. The van der Waals surface area contributed by atoms with Crippen LogP contribution in [0.1, 0.15) is 18.5 Å². The summed E-state index contributed by atoms with van der Waals surface area (Å²) in [6, 6.07) is 4.36. The third-order valence-electron chi connectivity index (χ3n) is 2.01. The highest BCUT2D eigenvalue weighted by molar-refractivity contribution is 5.08. The average Bonchev–Trinajstić information content (AvgIpc) is 2.33. The fourth-order valence-electron chi connectivity index (χ4n) is 1.48. The Balaban J connectivity index is 2.39. The second-order valence-electron chi connectivity index (χ2n) is 2.65. The Morgan fingerprint density at radius 3 is 3.22 bits per heavy atom. The molecule has 1 aliphatic heterocycles. The Labute approximate surface area is 55.3 Å². The number of aryl methyl sites for hydroxylation is 2. The smallest absolute Gasteiger partial charge is 0.0222 e. The predicted molar refractivity (Wildman–Crippen MR) is 37.4 cm³/mol. The van der Waals surface area contributed by atoms with Gasteiger partial charge in [0.15, 0.2) is 0 Å². The third kappa shape index (κ3) is 0.766. The van der Waals surface area contributed by atoms with Crippen molar-refractivity contribution in [2.24, 2.45) is 0 Å². The van der Waals surface area contributed by atoms with Crippen LogP contribution >= 0.6 is 0 Å². The average molecular weight is 121 g/mol. The van der Waals surface area contributed by atoms with E-state index in [4.69, 9.17) is 0 Å². The van der Waals surface area contributed by atoms with Gasteiger partial charge in [-0.05, 0) is 31.4 Å². The molecule has 0 N–H and O–H groups in total. The van der Waals surface area contributed by atoms with Gasteiger partial charge in [0.25, 0.3) is 0 Å². The van der Waals surface area contributed by atoms with E-state index < -0.39 is 0 Å². The quantitative estimate of drug-likeness (QED) is 0.493. The van der Waals surface area contributed by atoms with E-state index in [9.17, 15) is 0 Å². The standard InChI is InChI=1S/C8H11N/c1-2-6-9-7-3-5-8(9)4-1/h3,5,7H,1-2,4,6H2. The van der Waals surface area contributed by atoms with Crippen molar-refractivity contribution in [2.75, 3.05) is 0 Å². The minimum atomic E-state index is 1.24. The van der Waals surface area contributed by atoms with E-state index in [0.717, 1.165) is 0 Å². The molecule has 0 atom stereocenters. The van der Waals surface area contributed by atoms with Crippen molar-refractivity contribution in [3.8, 4) is 0 Å². The molecule has 1 aromatic rings. The van der Waals surface area contributed by atoms with Gasteiger partial charge in [-0.3, -0.25) is 0 Å². The summed E-state index contributed by atoms with van der Waals surface area (Å²) in [6.45, 7) is 1.24. The van der Waals surface area contributed by atoms with Crippen LogP contribution in [0.15, 0.2) is 18.3 Å². The lowest BCUT2D eigenvalue weighted by Crippen LogP contribution is -2.07. The molecule has 0 fully saturated rings. The van der Waals surface area contributed by atoms with Crippen LogP contribution in [0.2, 0.25) is 0 Å². The monoisotopic (exact) mass is 121 g/mol. The van der Waals surface area contributed by atoms with E-state index in [2.05, 4.69) is 22.9 Å². The molecule has 0 spiro atoms. The maximum absolute atomic E-state index is 2.35. The van der Waals surface area contributed by atoms with Crippen molar-refractivity contribution >= 4 is 0 Å². The Morgan fingerprint density at radius 2 is 2.33 bits per heavy atom. The van der Waals surface area contributed by atoms with Crippen LogP contribution in [0.4, 0.5) is 0 Å². The Morgan fingerprint density at radius 1 is 1.33 bits per heavy atom. The Hall–Kier alpha value is -0.720. The number of aromatic nitrogens is 1. The first-order valence-corrected chi connectivity index (χ1v) is 3.61. The van der Waals surface area contributed by atoms with Gasteiger partial charge in [-0.15, -0.1) is 0 Å². The molecule has 1 aromatic heterocycles. The molecule has 1 aliphatic rings. The largest absolute Gasteiger partial charge is 0.351 e. The summed E-state index contributed by atoms with van der Waals surface area (Å²) in [5, 5.41) is 0. The minimum Gasteiger partial charge on any atom is -0.351 e. The topological polar surface area (TPSA) is 4.93 Å². The molecule has 0 aliphatic carbocycles. The summed E-state index contributed by atoms with van der Waals surface area (Å²) in [5.74, 6) is 0. The molecule has 48 valence electrons. The fraction of sp³-hybridized carbons (Fsp3) is 0.500. The van der Waals surface area contributed by atoms with Crippen LogP contribution in [-0.4, -0.2) is 4.57 Å². The summed E-state index contributed by atoms with van der Waals surface area (Å²) in [6.07, 6.45) is 6.20. The van der Waals surface area contributed by atoms with Gasteiger partial charge in [-0.25, -0.2) is 0 Å². The molecule has 2 rings (SSSR count). The molecular weight excluding hydrogens is 110 g/mol. The van der Waals surface area contributed by atoms with E-state index >= 15 is 0 Å². The lowest BCUT2D eigenvalue weighted by molar-refractivity contribution is 0.533. The van der Waals surface area contributed by atoms with Crippen LogP contribution in [0.25, 0.3) is 0 Å². The highest BCUT2D eigenvalue weighted by atomic mass is 15.0. The molecule has 0 saturated heterocycles. The first kappa shape index (κ1) is 5.10. The van der Waals surface area contributed by atoms with E-state index in [1.807, 2.05) is 0 Å². The minimum absolute atomic E-state index is 1.24. The lowest BCUT2D eigenvalue weighted by atomic mass is 10.1. The second-order valence-corrected chi connectivity index (χ2v) is 2.65. The second kappa shape index (κ2) is 1.90. The zero-order valence-electron chi connectivity index (χ0n) is 5.51. The molecule has 0 amide bonds. The zero-order valence-corrected chi connectivity index (χ0v) is 5.51. The molecule has 0 bridgehead atoms. The highest BCUT2D eigenvalue weighted by Gasteiger charge is 2.04. The number of nitrogens with zero attached hydrogens (tertiary/aromatic N) is 1. The van der Waals surface area contributed by atoms with Gasteiger partial charge in [0, 0.05) is 18.4 Å². The fourth-order valence-corrected chi connectivity index (χ4v) is 1.48. The summed E-state index contributed by atoms with van der Waals surface area (Å²) in [4.78, 5) is 0. The number of fused-ring (bicyclic) bond motifs is 1. The van der Waals surface area contributed by atoms with Gasteiger partial charge in [-0.2, -0.15) is 0 Å².